The number of furan rings is 2. The van der Waals surface area contributed by atoms with Gasteiger partial charge in [-0.2, -0.15) is 0 Å². The maximum Gasteiger partial charge on any atom is 0.111 e. The molecule has 0 saturated carbocycles. The molecular weight excluding hydrogens is 152 g/mol. The lowest BCUT2D eigenvalue weighted by atomic mass is 10.0. The third-order valence-corrected chi connectivity index (χ3v) is 2.01. The Morgan fingerprint density at radius 3 is 2.75 bits per heavy atom. The Kier molecular flexibility index (Phi) is 1.74. The van der Waals surface area contributed by atoms with Crippen molar-refractivity contribution in [2.24, 2.45) is 0 Å². The van der Waals surface area contributed by atoms with Gasteiger partial charge in [0.1, 0.15) is 5.76 Å². The van der Waals surface area contributed by atoms with E-state index in [1.54, 1.807) is 18.8 Å². The zero-order valence-corrected chi connectivity index (χ0v) is 6.86. The fourth-order valence-corrected chi connectivity index (χ4v) is 1.22. The van der Waals surface area contributed by atoms with E-state index in [1.165, 1.54) is 0 Å². The van der Waals surface area contributed by atoms with E-state index in [0.29, 0.717) is 0 Å². The monoisotopic (exact) mass is 162 g/mol. The van der Waals surface area contributed by atoms with Gasteiger partial charge in [0.15, 0.2) is 0 Å². The van der Waals surface area contributed by atoms with Gasteiger partial charge in [0, 0.05) is 11.5 Å². The van der Waals surface area contributed by atoms with E-state index < -0.39 is 0 Å². The van der Waals surface area contributed by atoms with Crippen molar-refractivity contribution < 1.29 is 8.83 Å². The molecule has 0 amide bonds. The van der Waals surface area contributed by atoms with Crippen molar-refractivity contribution in [3.05, 3.63) is 48.3 Å². The minimum absolute atomic E-state index is 0.277. The molecule has 0 bridgehead atoms. The molecule has 2 aromatic heterocycles. The lowest BCUT2D eigenvalue weighted by Gasteiger charge is -2.03. The summed E-state index contributed by atoms with van der Waals surface area (Å²) in [6.45, 7) is 2.09. The Labute approximate surface area is 70.8 Å². The standard InChI is InChI=1S/C10H10O2/c1-8(9-4-6-11-7-9)10-3-2-5-12-10/h2-8H,1H3. The van der Waals surface area contributed by atoms with Crippen LogP contribution in [-0.4, -0.2) is 0 Å². The van der Waals surface area contributed by atoms with Gasteiger partial charge in [-0.3, -0.25) is 0 Å². The number of rotatable bonds is 2. The van der Waals surface area contributed by atoms with Gasteiger partial charge >= 0.3 is 0 Å². The summed E-state index contributed by atoms with van der Waals surface area (Å²) in [5.74, 6) is 1.25. The van der Waals surface area contributed by atoms with Gasteiger partial charge in [0.2, 0.25) is 0 Å². The van der Waals surface area contributed by atoms with Gasteiger partial charge in [-0.15, -0.1) is 0 Å². The lowest BCUT2D eigenvalue weighted by molar-refractivity contribution is 0.492. The normalized spacial score (nSPS) is 13.1. The third kappa shape index (κ3) is 1.16. The van der Waals surface area contributed by atoms with Crippen molar-refractivity contribution >= 4 is 0 Å². The Hall–Kier alpha value is -1.44. The topological polar surface area (TPSA) is 26.3 Å². The molecule has 0 aliphatic heterocycles. The minimum Gasteiger partial charge on any atom is -0.472 e. The van der Waals surface area contributed by atoms with Crippen LogP contribution in [0.1, 0.15) is 24.2 Å². The molecule has 12 heavy (non-hydrogen) atoms. The van der Waals surface area contributed by atoms with Crippen LogP contribution in [0.25, 0.3) is 0 Å². The third-order valence-electron chi connectivity index (χ3n) is 2.01. The van der Waals surface area contributed by atoms with Crippen molar-refractivity contribution in [3.8, 4) is 0 Å². The second-order valence-electron chi connectivity index (χ2n) is 2.79. The molecule has 0 aromatic carbocycles. The molecule has 0 saturated heterocycles. The molecule has 0 fully saturated rings. The fraction of sp³-hybridized carbons (Fsp3) is 0.200. The number of hydrogen-bond donors (Lipinski definition) is 0. The Morgan fingerprint density at radius 2 is 2.17 bits per heavy atom. The van der Waals surface area contributed by atoms with Crippen LogP contribution < -0.4 is 0 Å². The molecule has 2 heterocycles. The predicted molar refractivity (Wildman–Crippen MR) is 44.9 cm³/mol. The molecule has 2 rings (SSSR count). The Bertz CT molecular complexity index is 284. The summed E-state index contributed by atoms with van der Waals surface area (Å²) in [5, 5.41) is 0. The summed E-state index contributed by atoms with van der Waals surface area (Å²) in [6.07, 6.45) is 5.11. The molecule has 0 aliphatic rings. The molecule has 0 radical (unpaired) electrons. The van der Waals surface area contributed by atoms with E-state index >= 15 is 0 Å². The molecule has 1 unspecified atom stereocenters. The maximum absolute atomic E-state index is 5.28. The van der Waals surface area contributed by atoms with Crippen LogP contribution in [0.4, 0.5) is 0 Å². The van der Waals surface area contributed by atoms with E-state index in [0.717, 1.165) is 11.3 Å². The van der Waals surface area contributed by atoms with Gasteiger partial charge in [-0.1, -0.05) is 6.92 Å². The molecular formula is C10H10O2. The second kappa shape index (κ2) is 2.89. The molecule has 2 heteroatoms. The zero-order valence-electron chi connectivity index (χ0n) is 6.86. The van der Waals surface area contributed by atoms with Gasteiger partial charge in [-0.05, 0) is 18.2 Å². The van der Waals surface area contributed by atoms with Crippen molar-refractivity contribution in [3.63, 3.8) is 0 Å². The fourth-order valence-electron chi connectivity index (χ4n) is 1.22. The molecule has 2 aromatic rings. The van der Waals surface area contributed by atoms with E-state index in [1.807, 2.05) is 18.2 Å². The first kappa shape index (κ1) is 7.22. The van der Waals surface area contributed by atoms with Crippen LogP contribution in [0.3, 0.4) is 0 Å². The first-order chi connectivity index (χ1) is 5.88. The van der Waals surface area contributed by atoms with E-state index in [4.69, 9.17) is 8.83 Å². The average molecular weight is 162 g/mol. The minimum atomic E-state index is 0.277. The smallest absolute Gasteiger partial charge is 0.111 e. The molecule has 0 aliphatic carbocycles. The van der Waals surface area contributed by atoms with Crippen molar-refractivity contribution in [1.29, 1.82) is 0 Å². The summed E-state index contributed by atoms with van der Waals surface area (Å²) in [7, 11) is 0. The highest BCUT2D eigenvalue weighted by Gasteiger charge is 2.11. The maximum atomic E-state index is 5.28. The highest BCUT2D eigenvalue weighted by Crippen LogP contribution is 2.24. The summed E-state index contributed by atoms with van der Waals surface area (Å²) in [4.78, 5) is 0. The van der Waals surface area contributed by atoms with Crippen LogP contribution in [-0.2, 0) is 0 Å². The Balaban J connectivity index is 2.27. The molecule has 0 spiro atoms. The SMILES string of the molecule is CC(c1ccoc1)c1ccco1. The van der Waals surface area contributed by atoms with E-state index in [9.17, 15) is 0 Å². The zero-order chi connectivity index (χ0) is 8.39. The molecule has 62 valence electrons. The van der Waals surface area contributed by atoms with Gasteiger partial charge < -0.3 is 8.83 Å². The highest BCUT2D eigenvalue weighted by molar-refractivity contribution is 5.21. The van der Waals surface area contributed by atoms with Crippen LogP contribution in [0.15, 0.2) is 45.8 Å². The first-order valence-electron chi connectivity index (χ1n) is 3.93. The van der Waals surface area contributed by atoms with Crippen LogP contribution in [0.5, 0.6) is 0 Å². The van der Waals surface area contributed by atoms with Crippen LogP contribution in [0.2, 0.25) is 0 Å². The van der Waals surface area contributed by atoms with Gasteiger partial charge in [0.25, 0.3) is 0 Å². The van der Waals surface area contributed by atoms with Crippen molar-refractivity contribution in [2.75, 3.05) is 0 Å². The van der Waals surface area contributed by atoms with E-state index in [2.05, 4.69) is 6.92 Å². The molecule has 0 N–H and O–H groups in total. The van der Waals surface area contributed by atoms with Crippen LogP contribution in [0, 0.1) is 0 Å². The summed E-state index contributed by atoms with van der Waals surface area (Å²) >= 11 is 0. The van der Waals surface area contributed by atoms with Gasteiger partial charge in [0.05, 0.1) is 18.8 Å². The first-order valence-corrected chi connectivity index (χ1v) is 3.93. The lowest BCUT2D eigenvalue weighted by Crippen LogP contribution is -1.90. The van der Waals surface area contributed by atoms with Crippen molar-refractivity contribution in [1.82, 2.24) is 0 Å². The molecule has 1 atom stereocenters. The molecule has 2 nitrogen and oxygen atoms in total. The second-order valence-corrected chi connectivity index (χ2v) is 2.79. The largest absolute Gasteiger partial charge is 0.472 e. The summed E-state index contributed by atoms with van der Waals surface area (Å²) < 4.78 is 10.3. The number of hydrogen-bond acceptors (Lipinski definition) is 2. The van der Waals surface area contributed by atoms with Gasteiger partial charge in [-0.25, -0.2) is 0 Å². The van der Waals surface area contributed by atoms with Crippen molar-refractivity contribution in [2.45, 2.75) is 12.8 Å². The quantitative estimate of drug-likeness (QED) is 0.678. The van der Waals surface area contributed by atoms with Crippen LogP contribution >= 0.6 is 0 Å². The average Bonchev–Trinajstić information content (AvgIpc) is 2.77. The summed E-state index contributed by atoms with van der Waals surface area (Å²) in [5.41, 5.74) is 1.14. The Morgan fingerprint density at radius 1 is 1.25 bits per heavy atom. The van der Waals surface area contributed by atoms with E-state index in [-0.39, 0.29) is 5.92 Å². The predicted octanol–water partition coefficient (Wildman–Crippen LogP) is 3.02. The summed E-state index contributed by atoms with van der Waals surface area (Å²) in [6, 6.07) is 5.82. The highest BCUT2D eigenvalue weighted by atomic mass is 16.3.